The van der Waals surface area contributed by atoms with Crippen LogP contribution in [0, 0.1) is 0 Å². The van der Waals surface area contributed by atoms with Gasteiger partial charge < -0.3 is 4.90 Å². The molecule has 5 rings (SSSR count). The number of aromatic nitrogens is 2. The number of hydrogen-bond acceptors (Lipinski definition) is 7. The lowest BCUT2D eigenvalue weighted by Gasteiger charge is -2.30. The third kappa shape index (κ3) is 3.19. The SMILES string of the molecule is CS(=O)(=O)c1cccc2sc(N3CCC(c4nc5ccccc5s4)CC3)nc12. The van der Waals surface area contributed by atoms with E-state index in [0.29, 0.717) is 16.3 Å². The second kappa shape index (κ2) is 6.79. The third-order valence-electron chi connectivity index (χ3n) is 5.20. The maximum Gasteiger partial charge on any atom is 0.186 e. The molecule has 0 saturated carbocycles. The fourth-order valence-corrected chi connectivity index (χ4v) is 6.81. The Hall–Kier alpha value is -2.03. The first-order valence-electron chi connectivity index (χ1n) is 9.19. The maximum atomic E-state index is 12.1. The van der Waals surface area contributed by atoms with Gasteiger partial charge in [-0.3, -0.25) is 0 Å². The molecule has 1 aliphatic heterocycles. The number of anilines is 1. The third-order valence-corrected chi connectivity index (χ3v) is 8.60. The van der Waals surface area contributed by atoms with Gasteiger partial charge in [0, 0.05) is 25.3 Å². The van der Waals surface area contributed by atoms with E-state index in [2.05, 4.69) is 28.1 Å². The molecule has 0 aliphatic carbocycles. The molecule has 4 aromatic rings. The lowest BCUT2D eigenvalue weighted by atomic mass is 9.98. The van der Waals surface area contributed by atoms with Crippen LogP contribution in [0.2, 0.25) is 0 Å². The Morgan fingerprint density at radius 2 is 1.71 bits per heavy atom. The zero-order valence-electron chi connectivity index (χ0n) is 15.3. The summed E-state index contributed by atoms with van der Waals surface area (Å²) in [5.41, 5.74) is 1.68. The van der Waals surface area contributed by atoms with Crippen molar-refractivity contribution in [2.24, 2.45) is 0 Å². The molecule has 0 unspecified atom stereocenters. The molecule has 144 valence electrons. The van der Waals surface area contributed by atoms with Gasteiger partial charge in [-0.2, -0.15) is 0 Å². The zero-order valence-corrected chi connectivity index (χ0v) is 17.8. The summed E-state index contributed by atoms with van der Waals surface area (Å²) in [6.07, 6.45) is 3.31. The topological polar surface area (TPSA) is 63.2 Å². The van der Waals surface area contributed by atoms with Crippen LogP contribution < -0.4 is 4.90 Å². The molecule has 0 spiro atoms. The highest BCUT2D eigenvalue weighted by atomic mass is 32.2. The first kappa shape index (κ1) is 18.0. The molecule has 3 heterocycles. The standard InChI is InChI=1S/C20H19N3O2S3/c1-28(24,25)17-8-4-7-16-18(17)22-20(27-16)23-11-9-13(10-12-23)19-21-14-5-2-3-6-15(14)26-19/h2-8,13H,9-12H2,1H3. The summed E-state index contributed by atoms with van der Waals surface area (Å²) in [7, 11) is -3.29. The highest BCUT2D eigenvalue weighted by Crippen LogP contribution is 2.38. The Morgan fingerprint density at radius 1 is 0.964 bits per heavy atom. The molecule has 0 atom stereocenters. The van der Waals surface area contributed by atoms with Gasteiger partial charge in [-0.05, 0) is 37.1 Å². The molecule has 0 N–H and O–H groups in total. The number of nitrogens with zero attached hydrogens (tertiary/aromatic N) is 3. The van der Waals surface area contributed by atoms with Crippen molar-refractivity contribution in [3.8, 4) is 0 Å². The van der Waals surface area contributed by atoms with Gasteiger partial charge in [0.25, 0.3) is 0 Å². The van der Waals surface area contributed by atoms with E-state index < -0.39 is 9.84 Å². The summed E-state index contributed by atoms with van der Waals surface area (Å²) in [4.78, 5) is 12.1. The molecule has 2 aromatic carbocycles. The number of sulfone groups is 1. The van der Waals surface area contributed by atoms with Crippen LogP contribution in [0.3, 0.4) is 0 Å². The van der Waals surface area contributed by atoms with Gasteiger partial charge >= 0.3 is 0 Å². The predicted molar refractivity (Wildman–Crippen MR) is 117 cm³/mol. The van der Waals surface area contributed by atoms with Gasteiger partial charge in [0.1, 0.15) is 5.52 Å². The van der Waals surface area contributed by atoms with Crippen molar-refractivity contribution in [2.75, 3.05) is 24.2 Å². The van der Waals surface area contributed by atoms with E-state index in [1.807, 2.05) is 12.1 Å². The van der Waals surface area contributed by atoms with Crippen molar-refractivity contribution in [2.45, 2.75) is 23.7 Å². The van der Waals surface area contributed by atoms with E-state index in [9.17, 15) is 8.42 Å². The summed E-state index contributed by atoms with van der Waals surface area (Å²) in [6.45, 7) is 1.82. The van der Waals surface area contributed by atoms with Gasteiger partial charge in [-0.1, -0.05) is 29.5 Å². The van der Waals surface area contributed by atoms with E-state index in [-0.39, 0.29) is 0 Å². The summed E-state index contributed by atoms with van der Waals surface area (Å²) >= 11 is 3.37. The second-order valence-corrected chi connectivity index (χ2v) is 11.2. The van der Waals surface area contributed by atoms with E-state index in [4.69, 9.17) is 4.98 Å². The predicted octanol–water partition coefficient (Wildman–Crippen LogP) is 4.69. The lowest BCUT2D eigenvalue weighted by molar-refractivity contribution is 0.504. The summed E-state index contributed by atoms with van der Waals surface area (Å²) in [5, 5.41) is 2.14. The van der Waals surface area contributed by atoms with Gasteiger partial charge in [-0.25, -0.2) is 18.4 Å². The van der Waals surface area contributed by atoms with Crippen LogP contribution in [0.5, 0.6) is 0 Å². The summed E-state index contributed by atoms with van der Waals surface area (Å²) in [5.74, 6) is 0.481. The largest absolute Gasteiger partial charge is 0.348 e. The first-order chi connectivity index (χ1) is 13.5. The van der Waals surface area contributed by atoms with Crippen molar-refractivity contribution >= 4 is 58.1 Å². The van der Waals surface area contributed by atoms with E-state index in [1.165, 1.54) is 16.0 Å². The van der Waals surface area contributed by atoms with Gasteiger partial charge in [0.05, 0.1) is 24.8 Å². The normalized spacial score (nSPS) is 16.2. The molecule has 28 heavy (non-hydrogen) atoms. The Morgan fingerprint density at radius 3 is 2.46 bits per heavy atom. The van der Waals surface area contributed by atoms with Crippen LogP contribution in [0.25, 0.3) is 20.4 Å². The quantitative estimate of drug-likeness (QED) is 0.473. The average Bonchev–Trinajstić information content (AvgIpc) is 3.31. The first-order valence-corrected chi connectivity index (χ1v) is 12.7. The molecule has 1 aliphatic rings. The highest BCUT2D eigenvalue weighted by molar-refractivity contribution is 7.91. The number of piperidine rings is 1. The Labute approximate surface area is 171 Å². The van der Waals surface area contributed by atoms with Crippen LogP contribution in [-0.4, -0.2) is 37.7 Å². The van der Waals surface area contributed by atoms with Crippen LogP contribution in [0.4, 0.5) is 5.13 Å². The number of para-hydroxylation sites is 2. The smallest absolute Gasteiger partial charge is 0.186 e. The van der Waals surface area contributed by atoms with Crippen LogP contribution in [0.15, 0.2) is 47.4 Å². The van der Waals surface area contributed by atoms with Crippen LogP contribution in [0.1, 0.15) is 23.8 Å². The van der Waals surface area contributed by atoms with Gasteiger partial charge in [0.2, 0.25) is 0 Å². The van der Waals surface area contributed by atoms with Crippen LogP contribution in [-0.2, 0) is 9.84 Å². The minimum Gasteiger partial charge on any atom is -0.348 e. The monoisotopic (exact) mass is 429 g/mol. The molecular formula is C20H19N3O2S3. The molecule has 2 aromatic heterocycles. The van der Waals surface area contributed by atoms with Crippen molar-refractivity contribution in [1.82, 2.24) is 9.97 Å². The van der Waals surface area contributed by atoms with Gasteiger partial charge in [-0.15, -0.1) is 11.3 Å². The number of rotatable bonds is 3. The Kier molecular flexibility index (Phi) is 4.37. The lowest BCUT2D eigenvalue weighted by Crippen LogP contribution is -2.32. The number of fused-ring (bicyclic) bond motifs is 2. The molecule has 5 nitrogen and oxygen atoms in total. The molecule has 0 bridgehead atoms. The maximum absolute atomic E-state index is 12.1. The van der Waals surface area contributed by atoms with Crippen molar-refractivity contribution < 1.29 is 8.42 Å². The number of benzene rings is 2. The van der Waals surface area contributed by atoms with Crippen LogP contribution >= 0.6 is 22.7 Å². The van der Waals surface area contributed by atoms with Crippen molar-refractivity contribution in [1.29, 1.82) is 0 Å². The number of thiazole rings is 2. The minimum absolute atomic E-state index is 0.317. The summed E-state index contributed by atoms with van der Waals surface area (Å²) < 4.78 is 26.3. The Balaban J connectivity index is 1.38. The fraction of sp³-hybridized carbons (Fsp3) is 0.300. The number of hydrogen-bond donors (Lipinski definition) is 0. The van der Waals surface area contributed by atoms with E-state index >= 15 is 0 Å². The molecule has 8 heteroatoms. The molecular weight excluding hydrogens is 410 g/mol. The molecule has 0 radical (unpaired) electrons. The summed E-state index contributed by atoms with van der Waals surface area (Å²) in [6, 6.07) is 13.7. The second-order valence-electron chi connectivity index (χ2n) is 7.15. The van der Waals surface area contributed by atoms with Gasteiger partial charge in [0.15, 0.2) is 15.0 Å². The minimum atomic E-state index is -3.29. The fourth-order valence-electron chi connectivity index (χ4n) is 3.73. The molecule has 1 fully saturated rings. The average molecular weight is 430 g/mol. The highest BCUT2D eigenvalue weighted by Gasteiger charge is 2.26. The molecule has 0 amide bonds. The Bertz CT molecular complexity index is 1240. The zero-order chi connectivity index (χ0) is 19.3. The molecule has 1 saturated heterocycles. The van der Waals surface area contributed by atoms with Crippen molar-refractivity contribution in [3.05, 3.63) is 47.5 Å². The van der Waals surface area contributed by atoms with Crippen molar-refractivity contribution in [3.63, 3.8) is 0 Å². The van der Waals surface area contributed by atoms with E-state index in [1.54, 1.807) is 34.8 Å². The van der Waals surface area contributed by atoms with E-state index in [0.717, 1.165) is 41.3 Å².